The van der Waals surface area contributed by atoms with E-state index < -0.39 is 5.92 Å². The van der Waals surface area contributed by atoms with E-state index in [9.17, 15) is 14.4 Å². The first-order valence-corrected chi connectivity index (χ1v) is 15.2. The molecule has 2 aliphatic carbocycles. The Bertz CT molecular complexity index is 1370. The van der Waals surface area contributed by atoms with Gasteiger partial charge in [0.1, 0.15) is 0 Å². The van der Waals surface area contributed by atoms with Crippen LogP contribution in [0.5, 0.6) is 11.5 Å². The summed E-state index contributed by atoms with van der Waals surface area (Å²) >= 11 is 2.19. The molecule has 0 fully saturated rings. The molecule has 1 N–H and O–H groups in total. The van der Waals surface area contributed by atoms with Gasteiger partial charge in [-0.3, -0.25) is 14.4 Å². The van der Waals surface area contributed by atoms with Crippen LogP contribution in [0.3, 0.4) is 0 Å². The number of amides is 1. The summed E-state index contributed by atoms with van der Waals surface area (Å²) in [4.78, 5) is 41.8. The minimum atomic E-state index is -0.417. The maximum Gasteiger partial charge on any atom is 0.262 e. The molecule has 40 heavy (non-hydrogen) atoms. The highest BCUT2D eigenvalue weighted by atomic mass is 127. The van der Waals surface area contributed by atoms with E-state index in [1.807, 2.05) is 50.2 Å². The Labute approximate surface area is 249 Å². The van der Waals surface area contributed by atoms with Crippen LogP contribution in [0.15, 0.2) is 58.9 Å². The molecular weight excluding hydrogens is 619 g/mol. The lowest BCUT2D eigenvalue weighted by Gasteiger charge is -2.43. The average Bonchev–Trinajstić information content (AvgIpc) is 2.93. The number of nitrogens with one attached hydrogen (secondary N) is 1. The molecule has 1 heterocycles. The second kappa shape index (κ2) is 12.2. The average molecular weight is 655 g/mol. The summed E-state index contributed by atoms with van der Waals surface area (Å²) in [6, 6.07) is 11.4. The van der Waals surface area contributed by atoms with Gasteiger partial charge in [-0.15, -0.1) is 0 Å². The van der Waals surface area contributed by atoms with E-state index in [1.54, 1.807) is 0 Å². The number of carbonyl (C=O) groups is 3. The van der Waals surface area contributed by atoms with Gasteiger partial charge in [0.15, 0.2) is 29.7 Å². The largest absolute Gasteiger partial charge is 0.490 e. The molecule has 0 radical (unpaired) electrons. The number of halogens is 1. The number of carbonyl (C=O) groups excluding carboxylic acids is 3. The van der Waals surface area contributed by atoms with Gasteiger partial charge in [-0.1, -0.05) is 17.7 Å². The highest BCUT2D eigenvalue weighted by Gasteiger charge is 2.43. The van der Waals surface area contributed by atoms with Gasteiger partial charge in [0, 0.05) is 53.5 Å². The van der Waals surface area contributed by atoms with Crippen LogP contribution in [0, 0.1) is 10.5 Å². The molecule has 0 aromatic heterocycles. The van der Waals surface area contributed by atoms with Crippen molar-refractivity contribution in [3.63, 3.8) is 0 Å². The van der Waals surface area contributed by atoms with Gasteiger partial charge in [-0.05, 0) is 98.9 Å². The van der Waals surface area contributed by atoms with Crippen LogP contribution in [0.4, 0.5) is 5.69 Å². The van der Waals surface area contributed by atoms with Gasteiger partial charge in [-0.25, -0.2) is 0 Å². The van der Waals surface area contributed by atoms with E-state index in [0.29, 0.717) is 36.6 Å². The highest BCUT2D eigenvalue weighted by molar-refractivity contribution is 14.1. The van der Waals surface area contributed by atoms with E-state index in [1.165, 1.54) is 0 Å². The molecule has 3 aliphatic rings. The molecule has 2 aromatic rings. The smallest absolute Gasteiger partial charge is 0.262 e. The van der Waals surface area contributed by atoms with Crippen molar-refractivity contribution in [3.05, 3.63) is 73.6 Å². The van der Waals surface area contributed by atoms with Crippen molar-refractivity contribution in [3.8, 4) is 11.5 Å². The summed E-state index contributed by atoms with van der Waals surface area (Å²) in [7, 11) is 0. The lowest BCUT2D eigenvalue weighted by Crippen LogP contribution is -2.39. The molecule has 0 unspecified atom stereocenters. The first-order valence-electron chi connectivity index (χ1n) is 14.1. The Morgan fingerprint density at radius 3 is 2.15 bits per heavy atom. The van der Waals surface area contributed by atoms with Gasteiger partial charge in [0.05, 0.1) is 10.2 Å². The first kappa shape index (κ1) is 28.4. The number of aryl methyl sites for hydroxylation is 1. The van der Waals surface area contributed by atoms with Crippen LogP contribution < -0.4 is 14.8 Å². The highest BCUT2D eigenvalue weighted by Crippen LogP contribution is 2.50. The summed E-state index contributed by atoms with van der Waals surface area (Å²) < 4.78 is 12.8. The molecule has 2 aromatic carbocycles. The van der Waals surface area contributed by atoms with Gasteiger partial charge in [0.2, 0.25) is 0 Å². The van der Waals surface area contributed by atoms with Gasteiger partial charge >= 0.3 is 0 Å². The summed E-state index contributed by atoms with van der Waals surface area (Å²) in [5, 5.41) is 2.86. The first-order chi connectivity index (χ1) is 19.3. The Hall–Kier alpha value is -3.14. The lowest BCUT2D eigenvalue weighted by molar-refractivity contribution is -0.118. The third-order valence-electron chi connectivity index (χ3n) is 7.75. The number of hydrogen-bond donors (Lipinski definition) is 1. The van der Waals surface area contributed by atoms with E-state index in [0.717, 1.165) is 69.5 Å². The number of benzene rings is 2. The van der Waals surface area contributed by atoms with Crippen molar-refractivity contribution in [1.29, 1.82) is 0 Å². The van der Waals surface area contributed by atoms with Crippen molar-refractivity contribution < 1.29 is 23.9 Å². The van der Waals surface area contributed by atoms with Crippen molar-refractivity contribution in [1.82, 2.24) is 4.90 Å². The molecule has 5 rings (SSSR count). The van der Waals surface area contributed by atoms with Crippen molar-refractivity contribution in [2.24, 2.45) is 0 Å². The Kier molecular flexibility index (Phi) is 8.63. The van der Waals surface area contributed by atoms with Crippen LogP contribution in [0.25, 0.3) is 0 Å². The summed E-state index contributed by atoms with van der Waals surface area (Å²) in [5.74, 6) is 0.528. The second-order valence-corrected chi connectivity index (χ2v) is 11.6. The van der Waals surface area contributed by atoms with Crippen LogP contribution in [0.2, 0.25) is 0 Å². The minimum Gasteiger partial charge on any atom is -0.490 e. The zero-order chi connectivity index (χ0) is 28.4. The number of hydrogen-bond acceptors (Lipinski definition) is 6. The lowest BCUT2D eigenvalue weighted by atomic mass is 9.71. The SMILES string of the molecule is CCOc1cc(C2C3=C(CCCC3=O)N(CC)C3=C2C(=O)CCC3)cc(I)c1OCC(=O)Nc1ccc(C)cc1. The summed E-state index contributed by atoms with van der Waals surface area (Å²) in [5.41, 5.74) is 6.32. The second-order valence-electron chi connectivity index (χ2n) is 10.4. The molecule has 0 saturated carbocycles. The van der Waals surface area contributed by atoms with Crippen LogP contribution in [0.1, 0.15) is 69.4 Å². The Balaban J connectivity index is 1.50. The van der Waals surface area contributed by atoms with Crippen molar-refractivity contribution >= 4 is 45.8 Å². The Morgan fingerprint density at radius 2 is 1.57 bits per heavy atom. The molecule has 8 heteroatoms. The standard InChI is InChI=1S/C32H35IN2O5/c1-4-35-23-8-6-10-25(36)30(23)29(31-24(35)9-7-11-26(31)37)20-16-22(33)32(27(17-20)39-5-2)40-18-28(38)34-21-14-12-19(3)13-15-21/h12-17,29H,4-11,18H2,1-3H3,(H,34,38). The zero-order valence-electron chi connectivity index (χ0n) is 23.3. The molecule has 7 nitrogen and oxygen atoms in total. The molecule has 210 valence electrons. The number of ether oxygens (including phenoxy) is 2. The Morgan fingerprint density at radius 1 is 0.950 bits per heavy atom. The van der Waals surface area contributed by atoms with Gasteiger partial charge in [0.25, 0.3) is 5.91 Å². The fourth-order valence-corrected chi connectivity index (χ4v) is 6.84. The molecule has 0 bridgehead atoms. The number of ketones is 2. The minimum absolute atomic E-state index is 0.121. The molecule has 0 atom stereocenters. The number of allylic oxidation sites excluding steroid dienone is 4. The fraction of sp³-hybridized carbons (Fsp3) is 0.406. The third kappa shape index (κ3) is 5.55. The predicted octanol–water partition coefficient (Wildman–Crippen LogP) is 6.45. The van der Waals surface area contributed by atoms with Crippen LogP contribution in [-0.4, -0.2) is 42.1 Å². The van der Waals surface area contributed by atoms with E-state index in [4.69, 9.17) is 9.47 Å². The normalized spacial score (nSPS) is 17.6. The predicted molar refractivity (Wildman–Crippen MR) is 163 cm³/mol. The number of nitrogens with zero attached hydrogens (tertiary/aromatic N) is 1. The van der Waals surface area contributed by atoms with E-state index in [-0.39, 0.29) is 24.1 Å². The van der Waals surface area contributed by atoms with Gasteiger partial charge < -0.3 is 19.7 Å². The summed E-state index contributed by atoms with van der Waals surface area (Å²) in [6.07, 6.45) is 4.33. The zero-order valence-corrected chi connectivity index (χ0v) is 25.4. The molecule has 0 spiro atoms. The van der Waals surface area contributed by atoms with Crippen LogP contribution >= 0.6 is 22.6 Å². The number of Topliss-reactive ketones (excluding diaryl/α,β-unsaturated/α-hetero) is 2. The van der Waals surface area contributed by atoms with E-state index >= 15 is 0 Å². The molecule has 0 saturated heterocycles. The molecule has 1 aliphatic heterocycles. The quantitative estimate of drug-likeness (QED) is 0.330. The topological polar surface area (TPSA) is 84.9 Å². The van der Waals surface area contributed by atoms with Crippen molar-refractivity contribution in [2.45, 2.75) is 65.2 Å². The number of anilines is 1. The molecular formula is C32H35IN2O5. The monoisotopic (exact) mass is 654 g/mol. The van der Waals surface area contributed by atoms with Crippen LogP contribution in [-0.2, 0) is 14.4 Å². The van der Waals surface area contributed by atoms with E-state index in [2.05, 4.69) is 39.7 Å². The van der Waals surface area contributed by atoms with Gasteiger partial charge in [-0.2, -0.15) is 0 Å². The van der Waals surface area contributed by atoms with Crippen molar-refractivity contribution in [2.75, 3.05) is 25.1 Å². The molecule has 1 amide bonds. The maximum absolute atomic E-state index is 13.4. The number of rotatable bonds is 8. The summed E-state index contributed by atoms with van der Waals surface area (Å²) in [6.45, 7) is 6.93. The maximum atomic E-state index is 13.4. The fourth-order valence-electron chi connectivity index (χ4n) is 6.06. The third-order valence-corrected chi connectivity index (χ3v) is 8.55.